The summed E-state index contributed by atoms with van der Waals surface area (Å²) in [7, 11) is 0. The molecule has 5 nitrogen and oxygen atoms in total. The predicted octanol–water partition coefficient (Wildman–Crippen LogP) is 2.74. The summed E-state index contributed by atoms with van der Waals surface area (Å²) in [6.45, 7) is 5.81. The van der Waals surface area contributed by atoms with Gasteiger partial charge in [-0.05, 0) is 52.1 Å². The Morgan fingerprint density at radius 3 is 2.77 bits per heavy atom. The molecule has 0 aromatic carbocycles. The van der Waals surface area contributed by atoms with Crippen LogP contribution in [0.4, 0.5) is 0 Å². The van der Waals surface area contributed by atoms with Crippen molar-refractivity contribution in [2.75, 3.05) is 6.54 Å². The second kappa shape index (κ2) is 6.92. The maximum Gasteiger partial charge on any atom is 0.116 e. The van der Waals surface area contributed by atoms with E-state index in [1.807, 2.05) is 0 Å². The van der Waals surface area contributed by atoms with E-state index in [4.69, 9.17) is 0 Å². The number of rotatable bonds is 5. The molecule has 0 radical (unpaired) electrons. The van der Waals surface area contributed by atoms with Crippen LogP contribution in [0.15, 0.2) is 31.1 Å². The molecular weight excluding hydrogens is 274 g/mol. The maximum absolute atomic E-state index is 4.43. The van der Waals surface area contributed by atoms with Crippen molar-refractivity contribution in [2.24, 2.45) is 0 Å². The lowest BCUT2D eigenvalue weighted by atomic mass is 10.1. The molecule has 1 fully saturated rings. The van der Waals surface area contributed by atoms with Crippen LogP contribution >= 0.6 is 0 Å². The second-order valence-electron chi connectivity index (χ2n) is 6.19. The highest BCUT2D eigenvalue weighted by Gasteiger charge is 2.26. The van der Waals surface area contributed by atoms with Gasteiger partial charge in [0.25, 0.3) is 0 Å². The average molecular weight is 297 g/mol. The molecule has 1 atom stereocenters. The lowest BCUT2D eigenvalue weighted by Crippen LogP contribution is -2.35. The maximum atomic E-state index is 4.43. The minimum Gasteiger partial charge on any atom is -0.298 e. The summed E-state index contributed by atoms with van der Waals surface area (Å²) < 4.78 is 0. The Hall–Kier alpha value is -1.88. The van der Waals surface area contributed by atoms with Crippen molar-refractivity contribution >= 4 is 0 Å². The molecule has 1 unspecified atom stereocenters. The van der Waals surface area contributed by atoms with Crippen LogP contribution in [0.5, 0.6) is 0 Å². The number of aryl methyl sites for hydroxylation is 1. The van der Waals surface area contributed by atoms with Crippen LogP contribution in [0.2, 0.25) is 0 Å². The van der Waals surface area contributed by atoms with E-state index in [9.17, 15) is 0 Å². The quantitative estimate of drug-likeness (QED) is 0.849. The number of hydrogen-bond acceptors (Lipinski definition) is 5. The van der Waals surface area contributed by atoms with Crippen molar-refractivity contribution in [3.05, 3.63) is 36.8 Å². The first-order chi connectivity index (χ1) is 10.7. The number of hydrogen-bond donors (Lipinski definition) is 0. The zero-order valence-electron chi connectivity index (χ0n) is 13.3. The predicted molar refractivity (Wildman–Crippen MR) is 86.2 cm³/mol. The van der Waals surface area contributed by atoms with Crippen LogP contribution < -0.4 is 0 Å². The van der Waals surface area contributed by atoms with Gasteiger partial charge in [-0.1, -0.05) is 0 Å². The topological polar surface area (TPSA) is 54.8 Å². The van der Waals surface area contributed by atoms with Crippen molar-refractivity contribution in [2.45, 2.75) is 51.6 Å². The third-order valence-corrected chi connectivity index (χ3v) is 4.40. The molecule has 0 aliphatic carbocycles. The summed E-state index contributed by atoms with van der Waals surface area (Å²) in [5.41, 5.74) is 2.94. The Morgan fingerprint density at radius 2 is 2.00 bits per heavy atom. The SMILES string of the molecule is CC(C)N1CCCC1CCc1cc(-c2cncnc2)ncn1. The van der Waals surface area contributed by atoms with E-state index in [0.717, 1.165) is 23.4 Å². The van der Waals surface area contributed by atoms with Crippen LogP contribution in [0.3, 0.4) is 0 Å². The van der Waals surface area contributed by atoms with Crippen molar-refractivity contribution < 1.29 is 0 Å². The Balaban J connectivity index is 1.66. The van der Waals surface area contributed by atoms with E-state index >= 15 is 0 Å². The van der Waals surface area contributed by atoms with E-state index in [2.05, 4.69) is 44.7 Å². The molecule has 0 amide bonds. The van der Waals surface area contributed by atoms with Crippen molar-refractivity contribution in [1.29, 1.82) is 0 Å². The van der Waals surface area contributed by atoms with E-state index in [-0.39, 0.29) is 0 Å². The second-order valence-corrected chi connectivity index (χ2v) is 6.19. The number of nitrogens with zero attached hydrogens (tertiary/aromatic N) is 5. The first-order valence-corrected chi connectivity index (χ1v) is 8.06. The van der Waals surface area contributed by atoms with E-state index in [1.165, 1.54) is 32.1 Å². The van der Waals surface area contributed by atoms with Gasteiger partial charge in [0.05, 0.1) is 5.69 Å². The summed E-state index contributed by atoms with van der Waals surface area (Å²) in [5, 5.41) is 0. The smallest absolute Gasteiger partial charge is 0.116 e. The molecule has 2 aromatic heterocycles. The molecule has 116 valence electrons. The van der Waals surface area contributed by atoms with Crippen LogP contribution in [-0.4, -0.2) is 43.5 Å². The van der Waals surface area contributed by atoms with Gasteiger partial charge in [-0.25, -0.2) is 19.9 Å². The molecule has 1 aliphatic rings. The zero-order valence-corrected chi connectivity index (χ0v) is 13.3. The monoisotopic (exact) mass is 297 g/mol. The summed E-state index contributed by atoms with van der Waals surface area (Å²) in [6, 6.07) is 3.39. The zero-order chi connectivity index (χ0) is 15.4. The molecule has 0 spiro atoms. The standard InChI is InChI=1S/C17H23N5/c1-13(2)22-7-3-4-16(22)6-5-15-8-17(21-12-20-15)14-9-18-11-19-10-14/h8-13,16H,3-7H2,1-2H3. The largest absolute Gasteiger partial charge is 0.298 e. The minimum atomic E-state index is 0.634. The van der Waals surface area contributed by atoms with E-state index < -0.39 is 0 Å². The number of aromatic nitrogens is 4. The first kappa shape index (κ1) is 15.0. The fourth-order valence-corrected chi connectivity index (χ4v) is 3.29. The Kier molecular flexibility index (Phi) is 4.73. The Bertz CT molecular complexity index is 599. The fourth-order valence-electron chi connectivity index (χ4n) is 3.29. The van der Waals surface area contributed by atoms with E-state index in [0.29, 0.717) is 12.1 Å². The molecule has 0 N–H and O–H groups in total. The van der Waals surface area contributed by atoms with Gasteiger partial charge < -0.3 is 0 Å². The molecule has 0 bridgehead atoms. The normalized spacial score (nSPS) is 19.0. The molecular formula is C17H23N5. The Morgan fingerprint density at radius 1 is 1.18 bits per heavy atom. The Labute approximate surface area is 131 Å². The van der Waals surface area contributed by atoms with Gasteiger partial charge >= 0.3 is 0 Å². The third-order valence-electron chi connectivity index (χ3n) is 4.40. The summed E-state index contributed by atoms with van der Waals surface area (Å²) in [5.74, 6) is 0. The molecule has 1 aliphatic heterocycles. The highest BCUT2D eigenvalue weighted by molar-refractivity contribution is 5.56. The molecule has 3 heterocycles. The van der Waals surface area contributed by atoms with Gasteiger partial charge in [-0.2, -0.15) is 0 Å². The molecule has 2 aromatic rings. The third kappa shape index (κ3) is 3.47. The molecule has 5 heteroatoms. The van der Waals surface area contributed by atoms with Gasteiger partial charge in [0, 0.05) is 35.7 Å². The summed E-state index contributed by atoms with van der Waals surface area (Å²) in [4.78, 5) is 19.5. The lowest BCUT2D eigenvalue weighted by molar-refractivity contribution is 0.195. The first-order valence-electron chi connectivity index (χ1n) is 8.06. The number of likely N-dealkylation sites (tertiary alicyclic amines) is 1. The highest BCUT2D eigenvalue weighted by atomic mass is 15.2. The van der Waals surface area contributed by atoms with Crippen LogP contribution in [-0.2, 0) is 6.42 Å². The fraction of sp³-hybridized carbons (Fsp3) is 0.529. The van der Waals surface area contributed by atoms with Gasteiger partial charge in [0.15, 0.2) is 0 Å². The molecule has 0 saturated carbocycles. The van der Waals surface area contributed by atoms with Gasteiger partial charge in [-0.3, -0.25) is 4.90 Å². The van der Waals surface area contributed by atoms with Crippen molar-refractivity contribution in [3.63, 3.8) is 0 Å². The minimum absolute atomic E-state index is 0.634. The summed E-state index contributed by atoms with van der Waals surface area (Å²) >= 11 is 0. The summed E-state index contributed by atoms with van der Waals surface area (Å²) in [6.07, 6.45) is 11.5. The molecule has 3 rings (SSSR count). The van der Waals surface area contributed by atoms with Crippen LogP contribution in [0.25, 0.3) is 11.3 Å². The van der Waals surface area contributed by atoms with Gasteiger partial charge in [-0.15, -0.1) is 0 Å². The van der Waals surface area contributed by atoms with Crippen molar-refractivity contribution in [1.82, 2.24) is 24.8 Å². The molecule has 1 saturated heterocycles. The average Bonchev–Trinajstić information content (AvgIpc) is 3.03. The molecule has 22 heavy (non-hydrogen) atoms. The van der Waals surface area contributed by atoms with Crippen LogP contribution in [0.1, 0.15) is 38.8 Å². The van der Waals surface area contributed by atoms with Crippen LogP contribution in [0, 0.1) is 0 Å². The van der Waals surface area contributed by atoms with Gasteiger partial charge in [0.1, 0.15) is 12.7 Å². The van der Waals surface area contributed by atoms with E-state index in [1.54, 1.807) is 18.7 Å². The van der Waals surface area contributed by atoms with Crippen molar-refractivity contribution in [3.8, 4) is 11.3 Å². The lowest BCUT2D eigenvalue weighted by Gasteiger charge is -2.28. The highest BCUT2D eigenvalue weighted by Crippen LogP contribution is 2.24. The van der Waals surface area contributed by atoms with Gasteiger partial charge in [0.2, 0.25) is 0 Å².